The van der Waals surface area contributed by atoms with Crippen LogP contribution >= 0.6 is 0 Å². The molecule has 4 heteroatoms. The highest BCUT2D eigenvalue weighted by Gasteiger charge is 2.33. The molecule has 0 aliphatic heterocycles. The molecule has 0 heterocycles. The van der Waals surface area contributed by atoms with Gasteiger partial charge in [-0.05, 0) is 18.3 Å². The SMILES string of the molecule is CC1CC1CNC(=O)C(C)C(C)C(=O)O. The molecule has 1 saturated carbocycles. The molecule has 15 heavy (non-hydrogen) atoms. The zero-order valence-electron chi connectivity index (χ0n) is 9.49. The van der Waals surface area contributed by atoms with E-state index in [2.05, 4.69) is 12.2 Å². The maximum Gasteiger partial charge on any atom is 0.307 e. The highest BCUT2D eigenvalue weighted by molar-refractivity contribution is 5.84. The second kappa shape index (κ2) is 4.64. The Morgan fingerprint density at radius 1 is 1.40 bits per heavy atom. The minimum atomic E-state index is -0.919. The van der Waals surface area contributed by atoms with Crippen molar-refractivity contribution in [1.82, 2.24) is 5.32 Å². The van der Waals surface area contributed by atoms with Gasteiger partial charge in [-0.25, -0.2) is 0 Å². The van der Waals surface area contributed by atoms with Crippen LogP contribution in [0.2, 0.25) is 0 Å². The van der Waals surface area contributed by atoms with Crippen molar-refractivity contribution in [1.29, 1.82) is 0 Å². The number of carbonyl (C=O) groups excluding carboxylic acids is 1. The van der Waals surface area contributed by atoms with Crippen LogP contribution in [-0.4, -0.2) is 23.5 Å². The molecule has 1 rings (SSSR count). The molecule has 0 aromatic carbocycles. The topological polar surface area (TPSA) is 66.4 Å². The van der Waals surface area contributed by atoms with Crippen LogP contribution in [0.5, 0.6) is 0 Å². The van der Waals surface area contributed by atoms with Gasteiger partial charge in [0.2, 0.25) is 5.91 Å². The summed E-state index contributed by atoms with van der Waals surface area (Å²) < 4.78 is 0. The van der Waals surface area contributed by atoms with Gasteiger partial charge in [-0.15, -0.1) is 0 Å². The maximum atomic E-state index is 11.6. The molecule has 4 atom stereocenters. The number of aliphatic carboxylic acids is 1. The Kier molecular flexibility index (Phi) is 3.72. The number of hydrogen-bond acceptors (Lipinski definition) is 2. The molecule has 2 N–H and O–H groups in total. The minimum absolute atomic E-state index is 0.149. The smallest absolute Gasteiger partial charge is 0.307 e. The maximum absolute atomic E-state index is 11.6. The van der Waals surface area contributed by atoms with E-state index in [4.69, 9.17) is 5.11 Å². The molecule has 1 fully saturated rings. The minimum Gasteiger partial charge on any atom is -0.481 e. The Morgan fingerprint density at radius 2 is 1.93 bits per heavy atom. The molecule has 0 radical (unpaired) electrons. The highest BCUT2D eigenvalue weighted by atomic mass is 16.4. The van der Waals surface area contributed by atoms with E-state index in [1.807, 2.05) is 0 Å². The molecular formula is C11H19NO3. The van der Waals surface area contributed by atoms with Gasteiger partial charge < -0.3 is 10.4 Å². The van der Waals surface area contributed by atoms with Gasteiger partial charge in [0.05, 0.1) is 5.92 Å². The summed E-state index contributed by atoms with van der Waals surface area (Å²) in [5.41, 5.74) is 0. The highest BCUT2D eigenvalue weighted by Crippen LogP contribution is 2.36. The third-order valence-electron chi connectivity index (χ3n) is 3.37. The summed E-state index contributed by atoms with van der Waals surface area (Å²) in [5, 5.41) is 11.6. The quantitative estimate of drug-likeness (QED) is 0.719. The summed E-state index contributed by atoms with van der Waals surface area (Å²) >= 11 is 0. The summed E-state index contributed by atoms with van der Waals surface area (Å²) in [6, 6.07) is 0. The summed E-state index contributed by atoms with van der Waals surface area (Å²) in [4.78, 5) is 22.2. The van der Waals surface area contributed by atoms with Gasteiger partial charge in [-0.2, -0.15) is 0 Å². The largest absolute Gasteiger partial charge is 0.481 e. The molecule has 0 aromatic rings. The Hall–Kier alpha value is -1.06. The first-order valence-corrected chi connectivity index (χ1v) is 5.44. The van der Waals surface area contributed by atoms with E-state index in [9.17, 15) is 9.59 Å². The molecular weight excluding hydrogens is 194 g/mol. The first-order valence-electron chi connectivity index (χ1n) is 5.44. The number of carbonyl (C=O) groups is 2. The fourth-order valence-corrected chi connectivity index (χ4v) is 1.52. The Bertz CT molecular complexity index is 265. The van der Waals surface area contributed by atoms with Gasteiger partial charge in [0.25, 0.3) is 0 Å². The van der Waals surface area contributed by atoms with Crippen LogP contribution in [0.1, 0.15) is 27.2 Å². The van der Waals surface area contributed by atoms with Crippen LogP contribution in [-0.2, 0) is 9.59 Å². The van der Waals surface area contributed by atoms with Crippen LogP contribution in [0, 0.1) is 23.7 Å². The lowest BCUT2D eigenvalue weighted by atomic mass is 9.95. The van der Waals surface area contributed by atoms with Gasteiger partial charge in [-0.1, -0.05) is 20.8 Å². The third-order valence-corrected chi connectivity index (χ3v) is 3.37. The van der Waals surface area contributed by atoms with Gasteiger partial charge >= 0.3 is 5.97 Å². The van der Waals surface area contributed by atoms with Gasteiger partial charge in [0, 0.05) is 12.5 Å². The van der Waals surface area contributed by atoms with Crippen molar-refractivity contribution in [3.05, 3.63) is 0 Å². The van der Waals surface area contributed by atoms with Crippen molar-refractivity contribution in [2.75, 3.05) is 6.54 Å². The standard InChI is InChI=1S/C11H19NO3/c1-6-4-9(6)5-12-10(13)7(2)8(3)11(14)15/h6-9H,4-5H2,1-3H3,(H,12,13)(H,14,15). The van der Waals surface area contributed by atoms with Crippen molar-refractivity contribution in [2.24, 2.45) is 23.7 Å². The van der Waals surface area contributed by atoms with E-state index in [0.717, 1.165) is 0 Å². The normalized spacial score (nSPS) is 27.9. The molecule has 4 nitrogen and oxygen atoms in total. The summed E-state index contributed by atoms with van der Waals surface area (Å²) in [6.07, 6.45) is 1.17. The molecule has 86 valence electrons. The number of carboxylic acid groups (broad SMARTS) is 1. The monoisotopic (exact) mass is 213 g/mol. The third kappa shape index (κ3) is 3.22. The van der Waals surface area contributed by atoms with Crippen molar-refractivity contribution in [2.45, 2.75) is 27.2 Å². The fourth-order valence-electron chi connectivity index (χ4n) is 1.52. The lowest BCUT2D eigenvalue weighted by Gasteiger charge is -2.15. The summed E-state index contributed by atoms with van der Waals surface area (Å²) in [5.74, 6) is -0.849. The first-order chi connectivity index (χ1) is 6.93. The Labute approximate surface area is 90.0 Å². The van der Waals surface area contributed by atoms with Crippen LogP contribution in [0.25, 0.3) is 0 Å². The van der Waals surface area contributed by atoms with E-state index in [-0.39, 0.29) is 5.91 Å². The predicted octanol–water partition coefficient (Wildman–Crippen LogP) is 1.12. The molecule has 0 bridgehead atoms. The Balaban J connectivity index is 2.29. The lowest BCUT2D eigenvalue weighted by molar-refractivity contribution is -0.146. The second-order valence-electron chi connectivity index (χ2n) is 4.63. The summed E-state index contributed by atoms with van der Waals surface area (Å²) in [7, 11) is 0. The number of hydrogen-bond donors (Lipinski definition) is 2. The number of rotatable bonds is 5. The molecule has 0 saturated heterocycles. The summed E-state index contributed by atoms with van der Waals surface area (Å²) in [6.45, 7) is 6.06. The van der Waals surface area contributed by atoms with Crippen molar-refractivity contribution >= 4 is 11.9 Å². The number of nitrogens with one attached hydrogen (secondary N) is 1. The van der Waals surface area contributed by atoms with Crippen LogP contribution in [0.4, 0.5) is 0 Å². The van der Waals surface area contributed by atoms with E-state index >= 15 is 0 Å². The molecule has 1 aliphatic rings. The van der Waals surface area contributed by atoms with Crippen molar-refractivity contribution in [3.8, 4) is 0 Å². The number of carboxylic acids is 1. The van der Waals surface area contributed by atoms with Gasteiger partial charge in [-0.3, -0.25) is 9.59 Å². The van der Waals surface area contributed by atoms with Crippen molar-refractivity contribution < 1.29 is 14.7 Å². The average Bonchev–Trinajstić information content (AvgIpc) is 2.88. The predicted molar refractivity (Wildman–Crippen MR) is 56.2 cm³/mol. The molecule has 4 unspecified atom stereocenters. The van der Waals surface area contributed by atoms with E-state index in [1.54, 1.807) is 13.8 Å². The molecule has 1 aliphatic carbocycles. The first kappa shape index (κ1) is 12.0. The molecule has 1 amide bonds. The van der Waals surface area contributed by atoms with E-state index < -0.39 is 17.8 Å². The zero-order chi connectivity index (χ0) is 11.6. The van der Waals surface area contributed by atoms with Gasteiger partial charge in [0.15, 0.2) is 0 Å². The van der Waals surface area contributed by atoms with Crippen LogP contribution in [0.15, 0.2) is 0 Å². The fraction of sp³-hybridized carbons (Fsp3) is 0.818. The van der Waals surface area contributed by atoms with E-state index in [0.29, 0.717) is 18.4 Å². The molecule has 0 aromatic heterocycles. The van der Waals surface area contributed by atoms with Crippen molar-refractivity contribution in [3.63, 3.8) is 0 Å². The lowest BCUT2D eigenvalue weighted by Crippen LogP contribution is -2.36. The zero-order valence-corrected chi connectivity index (χ0v) is 9.49. The van der Waals surface area contributed by atoms with Crippen LogP contribution in [0.3, 0.4) is 0 Å². The van der Waals surface area contributed by atoms with Gasteiger partial charge in [0.1, 0.15) is 0 Å². The number of amides is 1. The second-order valence-corrected chi connectivity index (χ2v) is 4.63. The Morgan fingerprint density at radius 3 is 2.33 bits per heavy atom. The van der Waals surface area contributed by atoms with E-state index in [1.165, 1.54) is 6.42 Å². The average molecular weight is 213 g/mol. The molecule has 0 spiro atoms. The van der Waals surface area contributed by atoms with Crippen LogP contribution < -0.4 is 5.32 Å².